The van der Waals surface area contributed by atoms with Crippen molar-refractivity contribution in [3.05, 3.63) is 36.4 Å². The molecule has 1 fully saturated rings. The maximum Gasteiger partial charge on any atom is 0.244 e. The van der Waals surface area contributed by atoms with Gasteiger partial charge in [-0.1, -0.05) is 75.2 Å². The summed E-state index contributed by atoms with van der Waals surface area (Å²) in [5, 5.41) is 8.94. The Morgan fingerprint density at radius 1 is 1.07 bits per heavy atom. The van der Waals surface area contributed by atoms with E-state index in [1.165, 1.54) is 68.7 Å². The summed E-state index contributed by atoms with van der Waals surface area (Å²) in [5.74, 6) is 1.43. The molecule has 0 unspecified atom stereocenters. The lowest BCUT2D eigenvalue weighted by Crippen LogP contribution is -2.12. The molecular weight excluding hydrogens is 360 g/mol. The van der Waals surface area contributed by atoms with Gasteiger partial charge >= 0.3 is 0 Å². The number of nitrogens with one attached hydrogen (secondary N) is 1. The fourth-order valence-corrected chi connectivity index (χ4v) is 4.41. The quantitative estimate of drug-likeness (QED) is 0.390. The highest BCUT2D eigenvalue weighted by atomic mass is 16.5. The van der Waals surface area contributed by atoms with Gasteiger partial charge in [-0.2, -0.15) is 4.98 Å². The molecule has 0 spiro atoms. The summed E-state index contributed by atoms with van der Waals surface area (Å²) < 4.78 is 7.95. The zero-order chi connectivity index (χ0) is 19.9. The maximum atomic E-state index is 5.58. The molecule has 156 valence electrons. The molecule has 1 saturated heterocycles. The minimum absolute atomic E-state index is 0.210. The molecule has 0 saturated carbocycles. The first-order valence-corrected chi connectivity index (χ1v) is 11.5. The second-order valence-corrected chi connectivity index (χ2v) is 8.33. The van der Waals surface area contributed by atoms with E-state index in [0.29, 0.717) is 5.82 Å². The van der Waals surface area contributed by atoms with Crippen LogP contribution in [0.2, 0.25) is 0 Å². The highest BCUT2D eigenvalue weighted by molar-refractivity contribution is 5.94. The largest absolute Gasteiger partial charge is 0.347 e. The van der Waals surface area contributed by atoms with Crippen molar-refractivity contribution < 1.29 is 4.52 Å². The third-order valence-corrected chi connectivity index (χ3v) is 6.08. The van der Waals surface area contributed by atoms with Crippen LogP contribution in [0.1, 0.15) is 83.1 Å². The molecule has 2 aromatic heterocycles. The summed E-state index contributed by atoms with van der Waals surface area (Å²) in [5.41, 5.74) is 2.34. The first-order valence-electron chi connectivity index (χ1n) is 11.5. The Morgan fingerprint density at radius 3 is 2.66 bits per heavy atom. The molecule has 29 heavy (non-hydrogen) atoms. The number of benzene rings is 1. The van der Waals surface area contributed by atoms with Crippen LogP contribution in [-0.2, 0) is 6.54 Å². The van der Waals surface area contributed by atoms with Crippen molar-refractivity contribution in [3.63, 3.8) is 0 Å². The molecule has 5 heteroatoms. The highest BCUT2D eigenvalue weighted by Gasteiger charge is 2.23. The van der Waals surface area contributed by atoms with Gasteiger partial charge in [0.05, 0.1) is 6.04 Å². The summed E-state index contributed by atoms with van der Waals surface area (Å²) in [6.07, 6.45) is 15.2. The van der Waals surface area contributed by atoms with E-state index in [2.05, 4.69) is 52.4 Å². The monoisotopic (exact) mass is 394 g/mol. The molecule has 1 atom stereocenters. The Labute approximate surface area is 173 Å². The minimum atomic E-state index is 0.210. The third kappa shape index (κ3) is 4.89. The van der Waals surface area contributed by atoms with E-state index in [9.17, 15) is 0 Å². The standard InChI is InChI=1S/C24H34N4O/c1-2-3-4-5-6-7-8-11-17-28-18-20(19-13-9-10-15-22(19)28)23-26-24(29-27-23)21-14-12-16-25-21/h9-10,13,15,18,21,25H,2-8,11-12,14,16-17H2,1H3/t21-/m0/s1. The predicted molar refractivity (Wildman–Crippen MR) is 118 cm³/mol. The third-order valence-electron chi connectivity index (χ3n) is 6.08. The lowest BCUT2D eigenvalue weighted by molar-refractivity contribution is 0.345. The number of fused-ring (bicyclic) bond motifs is 1. The van der Waals surface area contributed by atoms with Gasteiger partial charge in [-0.05, 0) is 31.9 Å². The van der Waals surface area contributed by atoms with Crippen molar-refractivity contribution >= 4 is 10.9 Å². The van der Waals surface area contributed by atoms with E-state index >= 15 is 0 Å². The van der Waals surface area contributed by atoms with E-state index in [1.807, 2.05) is 0 Å². The van der Waals surface area contributed by atoms with Gasteiger partial charge in [-0.15, -0.1) is 0 Å². The normalized spacial score (nSPS) is 16.8. The molecule has 4 rings (SSSR count). The van der Waals surface area contributed by atoms with Crippen LogP contribution < -0.4 is 5.32 Å². The van der Waals surface area contributed by atoms with E-state index in [1.54, 1.807) is 0 Å². The molecule has 5 nitrogen and oxygen atoms in total. The molecule has 0 radical (unpaired) electrons. The van der Waals surface area contributed by atoms with Crippen LogP contribution in [0.4, 0.5) is 0 Å². The van der Waals surface area contributed by atoms with Gasteiger partial charge in [-0.25, -0.2) is 0 Å². The highest BCUT2D eigenvalue weighted by Crippen LogP contribution is 2.31. The molecular formula is C24H34N4O. The fourth-order valence-electron chi connectivity index (χ4n) is 4.41. The molecule has 1 aromatic carbocycles. The fraction of sp³-hybridized carbons (Fsp3) is 0.583. The number of para-hydroxylation sites is 1. The van der Waals surface area contributed by atoms with Gasteiger partial charge in [0.2, 0.25) is 11.7 Å². The van der Waals surface area contributed by atoms with Crippen LogP contribution in [0.5, 0.6) is 0 Å². The molecule has 1 N–H and O–H groups in total. The molecule has 0 bridgehead atoms. The van der Waals surface area contributed by atoms with Gasteiger partial charge in [0.1, 0.15) is 0 Å². The zero-order valence-corrected chi connectivity index (χ0v) is 17.7. The van der Waals surface area contributed by atoms with Crippen LogP contribution in [-0.4, -0.2) is 21.3 Å². The SMILES string of the molecule is CCCCCCCCCCn1cc(-c2noc([C@@H]3CCCN3)n2)c2ccccc21. The molecule has 3 heterocycles. The second kappa shape index (κ2) is 10.1. The molecule has 3 aromatic rings. The summed E-state index contributed by atoms with van der Waals surface area (Å²) >= 11 is 0. The van der Waals surface area contributed by atoms with Crippen LogP contribution in [0, 0.1) is 0 Å². The minimum Gasteiger partial charge on any atom is -0.347 e. The second-order valence-electron chi connectivity index (χ2n) is 8.33. The number of nitrogens with zero attached hydrogens (tertiary/aromatic N) is 3. The van der Waals surface area contributed by atoms with Gasteiger partial charge in [0.25, 0.3) is 0 Å². The van der Waals surface area contributed by atoms with E-state index in [4.69, 9.17) is 9.51 Å². The smallest absolute Gasteiger partial charge is 0.244 e. The Morgan fingerprint density at radius 2 is 1.86 bits per heavy atom. The maximum absolute atomic E-state index is 5.58. The summed E-state index contributed by atoms with van der Waals surface area (Å²) in [6, 6.07) is 8.77. The summed E-state index contributed by atoms with van der Waals surface area (Å²) in [6.45, 7) is 4.35. The Balaban J connectivity index is 1.40. The summed E-state index contributed by atoms with van der Waals surface area (Å²) in [7, 11) is 0. The predicted octanol–water partition coefficient (Wildman–Crippen LogP) is 6.26. The number of unbranched alkanes of at least 4 members (excludes halogenated alkanes) is 7. The topological polar surface area (TPSA) is 55.9 Å². The van der Waals surface area contributed by atoms with Gasteiger partial charge < -0.3 is 14.4 Å². The average Bonchev–Trinajstić information content (AvgIpc) is 3.49. The van der Waals surface area contributed by atoms with E-state index in [0.717, 1.165) is 31.0 Å². The van der Waals surface area contributed by atoms with Crippen LogP contribution in [0.3, 0.4) is 0 Å². The Bertz CT molecular complexity index is 891. The van der Waals surface area contributed by atoms with Gasteiger partial charge in [-0.3, -0.25) is 0 Å². The first kappa shape index (κ1) is 20.1. The van der Waals surface area contributed by atoms with Crippen LogP contribution >= 0.6 is 0 Å². The van der Waals surface area contributed by atoms with Crippen molar-refractivity contribution in [1.29, 1.82) is 0 Å². The van der Waals surface area contributed by atoms with E-state index in [-0.39, 0.29) is 6.04 Å². The van der Waals surface area contributed by atoms with Crippen molar-refractivity contribution in [3.8, 4) is 11.4 Å². The summed E-state index contributed by atoms with van der Waals surface area (Å²) in [4.78, 5) is 4.72. The first-order chi connectivity index (χ1) is 14.4. The van der Waals surface area contributed by atoms with Crippen molar-refractivity contribution in [2.75, 3.05) is 6.54 Å². The van der Waals surface area contributed by atoms with Crippen molar-refractivity contribution in [1.82, 2.24) is 20.0 Å². The number of aromatic nitrogens is 3. The molecule has 0 aliphatic carbocycles. The Kier molecular flexibility index (Phi) is 6.99. The number of rotatable bonds is 11. The van der Waals surface area contributed by atoms with E-state index < -0.39 is 0 Å². The van der Waals surface area contributed by atoms with Crippen molar-refractivity contribution in [2.45, 2.75) is 83.7 Å². The zero-order valence-electron chi connectivity index (χ0n) is 17.7. The van der Waals surface area contributed by atoms with Gasteiger partial charge in [0.15, 0.2) is 0 Å². The number of hydrogen-bond donors (Lipinski definition) is 1. The van der Waals surface area contributed by atoms with Crippen LogP contribution in [0.15, 0.2) is 35.0 Å². The average molecular weight is 395 g/mol. The molecule has 1 aliphatic heterocycles. The van der Waals surface area contributed by atoms with Crippen molar-refractivity contribution in [2.24, 2.45) is 0 Å². The lowest BCUT2D eigenvalue weighted by atomic mass is 10.1. The van der Waals surface area contributed by atoms with Gasteiger partial charge in [0, 0.05) is 29.2 Å². The molecule has 0 amide bonds. The number of aryl methyl sites for hydroxylation is 1. The van der Waals surface area contributed by atoms with Crippen LogP contribution in [0.25, 0.3) is 22.3 Å². The Hall–Kier alpha value is -2.14. The lowest BCUT2D eigenvalue weighted by Gasteiger charge is -2.05. The molecule has 1 aliphatic rings. The number of hydrogen-bond acceptors (Lipinski definition) is 4.